The summed E-state index contributed by atoms with van der Waals surface area (Å²) in [6, 6.07) is 15.8. The van der Waals surface area contributed by atoms with Crippen molar-refractivity contribution in [1.82, 2.24) is 9.88 Å². The van der Waals surface area contributed by atoms with Gasteiger partial charge in [-0.15, -0.1) is 0 Å². The second-order valence-corrected chi connectivity index (χ2v) is 7.06. The van der Waals surface area contributed by atoms with Gasteiger partial charge in [0, 0.05) is 31.4 Å². The lowest BCUT2D eigenvalue weighted by Gasteiger charge is -2.30. The number of ether oxygens (including phenoxy) is 1. The number of aryl methyl sites for hydroxylation is 1. The molecule has 0 bridgehead atoms. The van der Waals surface area contributed by atoms with Gasteiger partial charge in [-0.25, -0.2) is 4.98 Å². The van der Waals surface area contributed by atoms with E-state index in [1.165, 1.54) is 36.2 Å². The van der Waals surface area contributed by atoms with Crippen molar-refractivity contribution in [2.75, 3.05) is 37.7 Å². The van der Waals surface area contributed by atoms with Crippen LogP contribution in [0.1, 0.15) is 35.7 Å². The van der Waals surface area contributed by atoms with Crippen LogP contribution in [0.5, 0.6) is 0 Å². The molecule has 1 aromatic carbocycles. The van der Waals surface area contributed by atoms with E-state index in [4.69, 9.17) is 9.72 Å². The second kappa shape index (κ2) is 7.54. The Bertz CT molecular complexity index is 698. The molecular formula is C21H27N3O. The van der Waals surface area contributed by atoms with E-state index in [9.17, 15) is 0 Å². The molecular weight excluding hydrogens is 310 g/mol. The zero-order valence-corrected chi connectivity index (χ0v) is 15.0. The predicted octanol–water partition coefficient (Wildman–Crippen LogP) is 3.56. The van der Waals surface area contributed by atoms with E-state index in [1.54, 1.807) is 0 Å². The Hall–Kier alpha value is -1.91. The third-order valence-corrected chi connectivity index (χ3v) is 5.40. The van der Waals surface area contributed by atoms with E-state index in [-0.39, 0.29) is 0 Å². The third-order valence-electron chi connectivity index (χ3n) is 5.40. The van der Waals surface area contributed by atoms with Crippen LogP contribution >= 0.6 is 0 Å². The summed E-state index contributed by atoms with van der Waals surface area (Å²) >= 11 is 0. The summed E-state index contributed by atoms with van der Waals surface area (Å²) in [5.74, 6) is 1.09. The molecule has 0 spiro atoms. The first-order valence-electron chi connectivity index (χ1n) is 9.39. The van der Waals surface area contributed by atoms with Gasteiger partial charge < -0.3 is 9.64 Å². The molecule has 1 aromatic heterocycles. The standard InChI is InChI=1S/C21H27N3O/c1-17-19(9-10-21(22-17)23-12-14-25-15-13-23)20-8-5-11-24(20)16-18-6-3-2-4-7-18/h2-4,6-7,9-10,20H,5,8,11-16H2,1H3/t20-/m0/s1. The molecule has 0 radical (unpaired) electrons. The molecule has 2 fully saturated rings. The Kier molecular flexibility index (Phi) is 4.99. The SMILES string of the molecule is Cc1nc(N2CCOCC2)ccc1[C@@H]1CCCN1Cc1ccccc1. The molecule has 0 aliphatic carbocycles. The highest BCUT2D eigenvalue weighted by atomic mass is 16.5. The van der Waals surface area contributed by atoms with E-state index < -0.39 is 0 Å². The molecule has 0 saturated carbocycles. The van der Waals surface area contributed by atoms with E-state index in [0.29, 0.717) is 6.04 Å². The number of pyridine rings is 1. The lowest BCUT2D eigenvalue weighted by Crippen LogP contribution is -2.37. The first-order chi connectivity index (χ1) is 12.3. The van der Waals surface area contributed by atoms with Gasteiger partial charge in [-0.3, -0.25) is 4.90 Å². The normalized spacial score (nSPS) is 21.6. The number of likely N-dealkylation sites (tertiary alicyclic amines) is 1. The summed E-state index contributed by atoms with van der Waals surface area (Å²) in [5, 5.41) is 0. The largest absolute Gasteiger partial charge is 0.378 e. The first-order valence-corrected chi connectivity index (χ1v) is 9.39. The summed E-state index contributed by atoms with van der Waals surface area (Å²) in [6.07, 6.45) is 2.49. The van der Waals surface area contributed by atoms with Gasteiger partial charge in [0.1, 0.15) is 5.82 Å². The topological polar surface area (TPSA) is 28.6 Å². The number of hydrogen-bond donors (Lipinski definition) is 0. The van der Waals surface area contributed by atoms with Gasteiger partial charge in [0.2, 0.25) is 0 Å². The molecule has 0 unspecified atom stereocenters. The van der Waals surface area contributed by atoms with Gasteiger partial charge in [-0.1, -0.05) is 36.4 Å². The maximum atomic E-state index is 5.45. The average molecular weight is 337 g/mol. The molecule has 4 nitrogen and oxygen atoms in total. The number of rotatable bonds is 4. The average Bonchev–Trinajstić information content (AvgIpc) is 3.11. The number of aromatic nitrogens is 1. The van der Waals surface area contributed by atoms with Crippen LogP contribution in [0.4, 0.5) is 5.82 Å². The maximum Gasteiger partial charge on any atom is 0.128 e. The van der Waals surface area contributed by atoms with Gasteiger partial charge in [-0.05, 0) is 43.5 Å². The minimum absolute atomic E-state index is 0.492. The van der Waals surface area contributed by atoms with Crippen LogP contribution in [0.2, 0.25) is 0 Å². The fraction of sp³-hybridized carbons (Fsp3) is 0.476. The van der Waals surface area contributed by atoms with Crippen molar-refractivity contribution in [3.63, 3.8) is 0 Å². The highest BCUT2D eigenvalue weighted by Crippen LogP contribution is 2.35. The van der Waals surface area contributed by atoms with Crippen LogP contribution in [-0.2, 0) is 11.3 Å². The predicted molar refractivity (Wildman–Crippen MR) is 101 cm³/mol. The quantitative estimate of drug-likeness (QED) is 0.853. The van der Waals surface area contributed by atoms with Gasteiger partial charge in [-0.2, -0.15) is 0 Å². The highest BCUT2D eigenvalue weighted by molar-refractivity contribution is 5.43. The molecule has 2 aliphatic rings. The van der Waals surface area contributed by atoms with Crippen LogP contribution in [0.3, 0.4) is 0 Å². The van der Waals surface area contributed by atoms with Gasteiger partial charge >= 0.3 is 0 Å². The van der Waals surface area contributed by atoms with Crippen molar-refractivity contribution in [2.45, 2.75) is 32.4 Å². The van der Waals surface area contributed by atoms with Crippen molar-refractivity contribution in [1.29, 1.82) is 0 Å². The van der Waals surface area contributed by atoms with Crippen molar-refractivity contribution >= 4 is 5.82 Å². The van der Waals surface area contributed by atoms with Crippen LogP contribution in [-0.4, -0.2) is 42.7 Å². The number of morpholine rings is 1. The molecule has 25 heavy (non-hydrogen) atoms. The number of benzene rings is 1. The molecule has 2 aliphatic heterocycles. The first kappa shape index (κ1) is 16.6. The van der Waals surface area contributed by atoms with Gasteiger partial charge in [0.25, 0.3) is 0 Å². The molecule has 0 amide bonds. The van der Waals surface area contributed by atoms with Crippen LogP contribution < -0.4 is 4.90 Å². The van der Waals surface area contributed by atoms with E-state index >= 15 is 0 Å². The van der Waals surface area contributed by atoms with Crippen LogP contribution in [0.25, 0.3) is 0 Å². The molecule has 132 valence electrons. The number of nitrogens with zero attached hydrogens (tertiary/aromatic N) is 3. The van der Waals surface area contributed by atoms with Crippen LogP contribution in [0, 0.1) is 6.92 Å². The summed E-state index contributed by atoms with van der Waals surface area (Å²) in [7, 11) is 0. The van der Waals surface area contributed by atoms with Crippen molar-refractivity contribution in [3.8, 4) is 0 Å². The summed E-state index contributed by atoms with van der Waals surface area (Å²) in [4.78, 5) is 9.86. The summed E-state index contributed by atoms with van der Waals surface area (Å²) in [6.45, 7) is 7.84. The molecule has 2 aromatic rings. The fourth-order valence-electron chi connectivity index (χ4n) is 4.06. The maximum absolute atomic E-state index is 5.45. The van der Waals surface area contributed by atoms with E-state index in [0.717, 1.165) is 38.7 Å². The van der Waals surface area contributed by atoms with Crippen molar-refractivity contribution in [2.24, 2.45) is 0 Å². The lowest BCUT2D eigenvalue weighted by atomic mass is 10.0. The molecule has 1 atom stereocenters. The van der Waals surface area contributed by atoms with Crippen molar-refractivity contribution in [3.05, 3.63) is 59.3 Å². The molecule has 4 rings (SSSR count). The van der Waals surface area contributed by atoms with E-state index in [2.05, 4.69) is 59.2 Å². The third kappa shape index (κ3) is 3.70. The molecule has 4 heteroatoms. The Balaban J connectivity index is 1.51. The Labute approximate surface area is 150 Å². The van der Waals surface area contributed by atoms with Crippen molar-refractivity contribution < 1.29 is 4.74 Å². The zero-order valence-electron chi connectivity index (χ0n) is 15.0. The Morgan fingerprint density at radius 3 is 2.60 bits per heavy atom. The minimum atomic E-state index is 0.492. The Morgan fingerprint density at radius 2 is 1.84 bits per heavy atom. The van der Waals surface area contributed by atoms with E-state index in [1.807, 2.05) is 0 Å². The monoisotopic (exact) mass is 337 g/mol. The Morgan fingerprint density at radius 1 is 1.04 bits per heavy atom. The second-order valence-electron chi connectivity index (χ2n) is 7.06. The smallest absolute Gasteiger partial charge is 0.128 e. The van der Waals surface area contributed by atoms with Crippen LogP contribution in [0.15, 0.2) is 42.5 Å². The molecule has 3 heterocycles. The fourth-order valence-corrected chi connectivity index (χ4v) is 4.06. The lowest BCUT2D eigenvalue weighted by molar-refractivity contribution is 0.122. The highest BCUT2D eigenvalue weighted by Gasteiger charge is 2.28. The number of anilines is 1. The van der Waals surface area contributed by atoms with Gasteiger partial charge in [0.05, 0.1) is 13.2 Å². The number of hydrogen-bond acceptors (Lipinski definition) is 4. The van der Waals surface area contributed by atoms with Gasteiger partial charge in [0.15, 0.2) is 0 Å². The summed E-state index contributed by atoms with van der Waals surface area (Å²) < 4.78 is 5.45. The molecule has 2 saturated heterocycles. The minimum Gasteiger partial charge on any atom is -0.378 e. The summed E-state index contributed by atoms with van der Waals surface area (Å²) in [5.41, 5.74) is 3.96. The zero-order chi connectivity index (χ0) is 17.1. The molecule has 0 N–H and O–H groups in total.